The summed E-state index contributed by atoms with van der Waals surface area (Å²) in [4.78, 5) is 15.6. The molecule has 0 aliphatic heterocycles. The van der Waals surface area contributed by atoms with Gasteiger partial charge in [-0.25, -0.2) is 4.39 Å². The van der Waals surface area contributed by atoms with Crippen molar-refractivity contribution >= 4 is 5.78 Å². The SMILES string of the molecule is O=C(c1ccncc1F)C1CCCCC1C(F)(F)F. The van der Waals surface area contributed by atoms with Crippen LogP contribution in [0.25, 0.3) is 0 Å². The first-order chi connectivity index (χ1) is 8.91. The number of pyridine rings is 1. The predicted molar refractivity (Wildman–Crippen MR) is 60.0 cm³/mol. The summed E-state index contributed by atoms with van der Waals surface area (Å²) < 4.78 is 52.2. The minimum atomic E-state index is -4.41. The zero-order valence-corrected chi connectivity index (χ0v) is 10.1. The number of carbonyl (C=O) groups is 1. The number of carbonyl (C=O) groups excluding carboxylic acids is 1. The first kappa shape index (κ1) is 14.0. The molecule has 0 N–H and O–H groups in total. The number of ketones is 1. The fraction of sp³-hybridized carbons (Fsp3) is 0.538. The third-order valence-corrected chi connectivity index (χ3v) is 3.56. The third-order valence-electron chi connectivity index (χ3n) is 3.56. The molecule has 6 heteroatoms. The van der Waals surface area contributed by atoms with Crippen LogP contribution in [-0.2, 0) is 0 Å². The molecule has 19 heavy (non-hydrogen) atoms. The van der Waals surface area contributed by atoms with E-state index in [9.17, 15) is 22.4 Å². The number of halogens is 4. The van der Waals surface area contributed by atoms with E-state index in [1.54, 1.807) is 0 Å². The van der Waals surface area contributed by atoms with Crippen LogP contribution in [0, 0.1) is 17.7 Å². The topological polar surface area (TPSA) is 30.0 Å². The zero-order valence-electron chi connectivity index (χ0n) is 10.1. The van der Waals surface area contributed by atoms with Crippen LogP contribution < -0.4 is 0 Å². The quantitative estimate of drug-likeness (QED) is 0.607. The maximum absolute atomic E-state index is 13.5. The lowest BCUT2D eigenvalue weighted by atomic mass is 9.75. The van der Waals surface area contributed by atoms with E-state index in [1.165, 1.54) is 6.20 Å². The van der Waals surface area contributed by atoms with Gasteiger partial charge in [0, 0.05) is 12.1 Å². The summed E-state index contributed by atoms with van der Waals surface area (Å²) >= 11 is 0. The van der Waals surface area contributed by atoms with Crippen molar-refractivity contribution in [3.8, 4) is 0 Å². The second-order valence-electron chi connectivity index (χ2n) is 4.76. The molecule has 2 nitrogen and oxygen atoms in total. The van der Waals surface area contributed by atoms with Gasteiger partial charge in [0.15, 0.2) is 11.6 Å². The lowest BCUT2D eigenvalue weighted by molar-refractivity contribution is -0.190. The van der Waals surface area contributed by atoms with Crippen molar-refractivity contribution in [3.63, 3.8) is 0 Å². The Kier molecular flexibility index (Phi) is 3.87. The lowest BCUT2D eigenvalue weighted by Crippen LogP contribution is -2.37. The van der Waals surface area contributed by atoms with Gasteiger partial charge >= 0.3 is 6.18 Å². The smallest absolute Gasteiger partial charge is 0.294 e. The van der Waals surface area contributed by atoms with Crippen LogP contribution in [0.15, 0.2) is 18.5 Å². The van der Waals surface area contributed by atoms with Crippen molar-refractivity contribution in [1.82, 2.24) is 4.98 Å². The fourth-order valence-corrected chi connectivity index (χ4v) is 2.61. The van der Waals surface area contributed by atoms with Crippen molar-refractivity contribution in [1.29, 1.82) is 0 Å². The molecule has 1 saturated carbocycles. The van der Waals surface area contributed by atoms with Gasteiger partial charge in [-0.2, -0.15) is 13.2 Å². The van der Waals surface area contributed by atoms with Crippen LogP contribution in [0.4, 0.5) is 17.6 Å². The van der Waals surface area contributed by atoms with E-state index in [2.05, 4.69) is 4.98 Å². The number of Topliss-reactive ketones (excluding diaryl/α,β-unsaturated/α-hetero) is 1. The molecule has 2 rings (SSSR count). The number of aromatic nitrogens is 1. The molecule has 1 aliphatic rings. The van der Waals surface area contributed by atoms with Crippen molar-refractivity contribution < 1.29 is 22.4 Å². The Balaban J connectivity index is 2.28. The van der Waals surface area contributed by atoms with Gasteiger partial charge in [0.05, 0.1) is 17.7 Å². The van der Waals surface area contributed by atoms with Crippen molar-refractivity contribution in [2.24, 2.45) is 11.8 Å². The van der Waals surface area contributed by atoms with E-state index < -0.39 is 29.6 Å². The summed E-state index contributed by atoms with van der Waals surface area (Å²) in [5.41, 5.74) is -0.295. The van der Waals surface area contributed by atoms with E-state index >= 15 is 0 Å². The molecule has 1 fully saturated rings. The van der Waals surface area contributed by atoms with Crippen molar-refractivity contribution in [2.75, 3.05) is 0 Å². The second-order valence-corrected chi connectivity index (χ2v) is 4.76. The van der Waals surface area contributed by atoms with Gasteiger partial charge < -0.3 is 0 Å². The average molecular weight is 275 g/mol. The van der Waals surface area contributed by atoms with Crippen LogP contribution in [0.2, 0.25) is 0 Å². The molecular weight excluding hydrogens is 262 g/mol. The van der Waals surface area contributed by atoms with Gasteiger partial charge in [-0.1, -0.05) is 12.8 Å². The molecule has 0 aromatic carbocycles. The highest BCUT2D eigenvalue weighted by Gasteiger charge is 2.48. The van der Waals surface area contributed by atoms with Gasteiger partial charge in [0.25, 0.3) is 0 Å². The van der Waals surface area contributed by atoms with E-state index in [-0.39, 0.29) is 18.4 Å². The molecule has 1 aromatic heterocycles. The molecule has 0 bridgehead atoms. The average Bonchev–Trinajstić information content (AvgIpc) is 2.37. The molecule has 2 atom stereocenters. The Labute approximate surface area is 107 Å². The van der Waals surface area contributed by atoms with E-state index in [0.717, 1.165) is 12.3 Å². The van der Waals surface area contributed by atoms with Gasteiger partial charge in [-0.15, -0.1) is 0 Å². The van der Waals surface area contributed by atoms with Gasteiger partial charge in [-0.05, 0) is 18.9 Å². The van der Waals surface area contributed by atoms with E-state index in [1.807, 2.05) is 0 Å². The highest BCUT2D eigenvalue weighted by atomic mass is 19.4. The third kappa shape index (κ3) is 2.93. The molecule has 1 aromatic rings. The molecule has 1 heterocycles. The van der Waals surface area contributed by atoms with Crippen LogP contribution in [-0.4, -0.2) is 16.9 Å². The highest BCUT2D eigenvalue weighted by Crippen LogP contribution is 2.42. The normalized spacial score (nSPS) is 24.2. The molecule has 0 saturated heterocycles. The highest BCUT2D eigenvalue weighted by molar-refractivity contribution is 5.98. The zero-order chi connectivity index (χ0) is 14.0. The summed E-state index contributed by atoms with van der Waals surface area (Å²) in [5.74, 6) is -4.46. The predicted octanol–water partition coefficient (Wildman–Crippen LogP) is 3.77. The first-order valence-electron chi connectivity index (χ1n) is 6.11. The number of rotatable bonds is 2. The molecule has 0 amide bonds. The number of hydrogen-bond acceptors (Lipinski definition) is 2. The molecule has 1 aliphatic carbocycles. The number of nitrogens with zero attached hydrogens (tertiary/aromatic N) is 1. The van der Waals surface area contributed by atoms with Gasteiger partial charge in [-0.3, -0.25) is 9.78 Å². The Bertz CT molecular complexity index is 472. The number of alkyl halides is 3. The summed E-state index contributed by atoms with van der Waals surface area (Å²) in [6, 6.07) is 1.14. The standard InChI is InChI=1S/C13H13F4NO/c14-11-7-18-6-5-9(11)12(19)8-3-1-2-4-10(8)13(15,16)17/h5-8,10H,1-4H2. The van der Waals surface area contributed by atoms with Crippen molar-refractivity contribution in [3.05, 3.63) is 29.8 Å². The molecule has 104 valence electrons. The Morgan fingerprint density at radius 1 is 1.26 bits per heavy atom. The summed E-state index contributed by atoms with van der Waals surface area (Å²) in [5, 5.41) is 0. The monoisotopic (exact) mass is 275 g/mol. The van der Waals surface area contributed by atoms with Crippen LogP contribution in [0.1, 0.15) is 36.0 Å². The maximum atomic E-state index is 13.5. The summed E-state index contributed by atoms with van der Waals surface area (Å²) in [6.07, 6.45) is -1.25. The van der Waals surface area contributed by atoms with Crippen molar-refractivity contribution in [2.45, 2.75) is 31.9 Å². The minimum absolute atomic E-state index is 0.0629. The maximum Gasteiger partial charge on any atom is 0.392 e. The van der Waals surface area contributed by atoms with Crippen LogP contribution in [0.5, 0.6) is 0 Å². The largest absolute Gasteiger partial charge is 0.392 e. The fourth-order valence-electron chi connectivity index (χ4n) is 2.61. The van der Waals surface area contributed by atoms with Crippen LogP contribution in [0.3, 0.4) is 0 Å². The van der Waals surface area contributed by atoms with Gasteiger partial charge in [0.1, 0.15) is 0 Å². The Hall–Kier alpha value is -1.46. The van der Waals surface area contributed by atoms with Gasteiger partial charge in [0.2, 0.25) is 0 Å². The summed E-state index contributed by atoms with van der Waals surface area (Å²) in [7, 11) is 0. The molecule has 0 radical (unpaired) electrons. The summed E-state index contributed by atoms with van der Waals surface area (Å²) in [6.45, 7) is 0. The lowest BCUT2D eigenvalue weighted by Gasteiger charge is -2.32. The minimum Gasteiger partial charge on any atom is -0.294 e. The van der Waals surface area contributed by atoms with E-state index in [0.29, 0.717) is 12.8 Å². The second kappa shape index (κ2) is 5.27. The Morgan fingerprint density at radius 2 is 1.95 bits per heavy atom. The Morgan fingerprint density at radius 3 is 2.58 bits per heavy atom. The molecule has 0 spiro atoms. The number of hydrogen-bond donors (Lipinski definition) is 0. The molecular formula is C13H13F4NO. The van der Waals surface area contributed by atoms with Crippen LogP contribution >= 0.6 is 0 Å². The molecule has 2 unspecified atom stereocenters. The van der Waals surface area contributed by atoms with E-state index in [4.69, 9.17) is 0 Å². The first-order valence-corrected chi connectivity index (χ1v) is 6.11.